The third-order valence-corrected chi connectivity index (χ3v) is 3.29. The number of nitrogens with one attached hydrogen (secondary N) is 1. The van der Waals surface area contributed by atoms with Gasteiger partial charge >= 0.3 is 6.09 Å². The lowest BCUT2D eigenvalue weighted by atomic mass is 9.99. The molecule has 2 unspecified atom stereocenters. The van der Waals surface area contributed by atoms with E-state index in [1.807, 2.05) is 32.0 Å². The number of benzene rings is 1. The molecule has 102 valence electrons. The molecule has 1 heterocycles. The lowest BCUT2D eigenvalue weighted by molar-refractivity contribution is -0.112. The van der Waals surface area contributed by atoms with Crippen molar-refractivity contribution in [2.45, 2.75) is 33.0 Å². The predicted molar refractivity (Wildman–Crippen MR) is 71.9 cm³/mol. The molecule has 19 heavy (non-hydrogen) atoms. The second kappa shape index (κ2) is 5.30. The van der Waals surface area contributed by atoms with E-state index in [2.05, 4.69) is 5.32 Å². The van der Waals surface area contributed by atoms with Crippen LogP contribution in [-0.2, 0) is 9.53 Å². The number of aryl methyl sites for hydroxylation is 1. The van der Waals surface area contributed by atoms with E-state index in [0.717, 1.165) is 23.1 Å². The number of rotatable bonds is 2. The van der Waals surface area contributed by atoms with Gasteiger partial charge in [-0.2, -0.15) is 0 Å². The Hall–Kier alpha value is -2.04. The minimum absolute atomic E-state index is 0.203. The molecule has 5 nitrogen and oxygen atoms in total. The van der Waals surface area contributed by atoms with Gasteiger partial charge in [-0.25, -0.2) is 4.79 Å². The molecule has 1 aliphatic rings. The van der Waals surface area contributed by atoms with Crippen molar-refractivity contribution in [2.75, 3.05) is 11.9 Å². The van der Waals surface area contributed by atoms with E-state index in [1.165, 1.54) is 4.90 Å². The first-order valence-electron chi connectivity index (χ1n) is 6.36. The average Bonchev–Trinajstić information content (AvgIpc) is 2.39. The molecule has 0 spiro atoms. The number of carbonyl (C=O) groups excluding carboxylic acids is 2. The van der Waals surface area contributed by atoms with Crippen LogP contribution < -0.4 is 5.32 Å². The summed E-state index contributed by atoms with van der Waals surface area (Å²) >= 11 is 0. The Labute approximate surface area is 112 Å². The lowest BCUT2D eigenvalue weighted by Crippen LogP contribution is -2.50. The molecule has 2 atom stereocenters. The van der Waals surface area contributed by atoms with Gasteiger partial charge in [0.1, 0.15) is 0 Å². The third kappa shape index (κ3) is 2.41. The number of anilines is 1. The molecule has 1 aromatic rings. The molecule has 0 fully saturated rings. The molecule has 2 rings (SSSR count). The maximum absolute atomic E-state index is 12.0. The monoisotopic (exact) mass is 262 g/mol. The second-order valence-corrected chi connectivity index (χ2v) is 4.60. The molecule has 1 aliphatic heterocycles. The van der Waals surface area contributed by atoms with Gasteiger partial charge in [-0.3, -0.25) is 9.69 Å². The SMILES string of the molecule is CCOC(=O)N1C(C=O)Nc2ccc(C)cc2C1C. The van der Waals surface area contributed by atoms with Gasteiger partial charge in [0, 0.05) is 5.69 Å². The Balaban J connectivity index is 2.39. The molecule has 0 radical (unpaired) electrons. The van der Waals surface area contributed by atoms with E-state index < -0.39 is 12.3 Å². The number of carbonyl (C=O) groups is 2. The van der Waals surface area contributed by atoms with E-state index >= 15 is 0 Å². The van der Waals surface area contributed by atoms with E-state index in [4.69, 9.17) is 4.74 Å². The van der Waals surface area contributed by atoms with Crippen molar-refractivity contribution in [2.24, 2.45) is 0 Å². The summed E-state index contributed by atoms with van der Waals surface area (Å²) in [7, 11) is 0. The summed E-state index contributed by atoms with van der Waals surface area (Å²) in [4.78, 5) is 24.6. The first kappa shape index (κ1) is 13.4. The zero-order valence-electron chi connectivity index (χ0n) is 11.3. The fraction of sp³-hybridized carbons (Fsp3) is 0.429. The normalized spacial score (nSPS) is 21.3. The third-order valence-electron chi connectivity index (χ3n) is 3.29. The zero-order chi connectivity index (χ0) is 14.0. The van der Waals surface area contributed by atoms with Crippen molar-refractivity contribution in [3.63, 3.8) is 0 Å². The standard InChI is InChI=1S/C14H18N2O3/c1-4-19-14(18)16-10(3)11-7-9(2)5-6-12(11)15-13(16)8-17/h5-8,10,13,15H,4H2,1-3H3. The Morgan fingerprint density at radius 2 is 2.26 bits per heavy atom. The quantitative estimate of drug-likeness (QED) is 0.832. The van der Waals surface area contributed by atoms with E-state index in [9.17, 15) is 9.59 Å². The van der Waals surface area contributed by atoms with Gasteiger partial charge in [0.05, 0.1) is 12.6 Å². The molecular formula is C14H18N2O3. The number of nitrogens with zero attached hydrogens (tertiary/aromatic N) is 1. The first-order chi connectivity index (χ1) is 9.08. The van der Waals surface area contributed by atoms with Crippen LogP contribution in [0.5, 0.6) is 0 Å². The number of fused-ring (bicyclic) bond motifs is 1. The van der Waals surface area contributed by atoms with Crippen LogP contribution in [0.4, 0.5) is 10.5 Å². The number of hydrogen-bond donors (Lipinski definition) is 1. The fourth-order valence-corrected chi connectivity index (χ4v) is 2.35. The maximum Gasteiger partial charge on any atom is 0.412 e. The van der Waals surface area contributed by atoms with Crippen LogP contribution in [-0.4, -0.2) is 30.1 Å². The minimum Gasteiger partial charge on any atom is -0.450 e. The van der Waals surface area contributed by atoms with Crippen LogP contribution >= 0.6 is 0 Å². The van der Waals surface area contributed by atoms with Crippen molar-refractivity contribution in [3.05, 3.63) is 29.3 Å². The summed E-state index contributed by atoms with van der Waals surface area (Å²) in [6, 6.07) is 5.71. The highest BCUT2D eigenvalue weighted by Gasteiger charge is 2.35. The van der Waals surface area contributed by atoms with E-state index in [-0.39, 0.29) is 12.6 Å². The van der Waals surface area contributed by atoms with Crippen molar-refractivity contribution < 1.29 is 14.3 Å². The van der Waals surface area contributed by atoms with E-state index in [1.54, 1.807) is 6.92 Å². The highest BCUT2D eigenvalue weighted by molar-refractivity contribution is 5.79. The summed E-state index contributed by atoms with van der Waals surface area (Å²) < 4.78 is 5.02. The first-order valence-corrected chi connectivity index (χ1v) is 6.36. The Morgan fingerprint density at radius 3 is 2.89 bits per heavy atom. The Morgan fingerprint density at radius 1 is 1.53 bits per heavy atom. The van der Waals surface area contributed by atoms with Crippen molar-refractivity contribution in [1.29, 1.82) is 0 Å². The summed E-state index contributed by atoms with van der Waals surface area (Å²) in [6.45, 7) is 5.92. The van der Waals surface area contributed by atoms with Crippen LogP contribution in [0, 0.1) is 6.92 Å². The van der Waals surface area contributed by atoms with Crippen molar-refractivity contribution >= 4 is 18.1 Å². The summed E-state index contributed by atoms with van der Waals surface area (Å²) in [5.41, 5.74) is 2.99. The Kier molecular flexibility index (Phi) is 3.74. The lowest BCUT2D eigenvalue weighted by Gasteiger charge is -2.39. The number of amides is 1. The van der Waals surface area contributed by atoms with Crippen molar-refractivity contribution in [1.82, 2.24) is 4.90 Å². The molecule has 1 N–H and O–H groups in total. The largest absolute Gasteiger partial charge is 0.450 e. The summed E-state index contributed by atoms with van der Waals surface area (Å²) in [5.74, 6) is 0. The molecule has 0 bridgehead atoms. The van der Waals surface area contributed by atoms with E-state index in [0.29, 0.717) is 0 Å². The maximum atomic E-state index is 12.0. The van der Waals surface area contributed by atoms with Crippen LogP contribution in [0.3, 0.4) is 0 Å². The molecule has 0 saturated carbocycles. The smallest absolute Gasteiger partial charge is 0.412 e. The van der Waals surface area contributed by atoms with Gasteiger partial charge in [0.2, 0.25) is 0 Å². The summed E-state index contributed by atoms with van der Waals surface area (Å²) in [5, 5.41) is 3.05. The van der Waals surface area contributed by atoms with Gasteiger partial charge in [-0.15, -0.1) is 0 Å². The van der Waals surface area contributed by atoms with Gasteiger partial charge < -0.3 is 10.1 Å². The highest BCUT2D eigenvalue weighted by Crippen LogP contribution is 2.34. The number of ether oxygens (including phenoxy) is 1. The van der Waals surface area contributed by atoms with Crippen LogP contribution in [0.1, 0.15) is 31.0 Å². The Bertz CT molecular complexity index is 501. The molecule has 1 aromatic carbocycles. The second-order valence-electron chi connectivity index (χ2n) is 4.60. The topological polar surface area (TPSA) is 58.6 Å². The van der Waals surface area contributed by atoms with Gasteiger partial charge in [0.15, 0.2) is 12.5 Å². The predicted octanol–water partition coefficient (Wildman–Crippen LogP) is 2.47. The van der Waals surface area contributed by atoms with Crippen LogP contribution in [0.15, 0.2) is 18.2 Å². The van der Waals surface area contributed by atoms with Gasteiger partial charge in [0.25, 0.3) is 0 Å². The minimum atomic E-state index is -0.691. The molecule has 0 aromatic heterocycles. The average molecular weight is 262 g/mol. The zero-order valence-corrected chi connectivity index (χ0v) is 11.3. The van der Waals surface area contributed by atoms with Crippen LogP contribution in [0.2, 0.25) is 0 Å². The number of hydrogen-bond acceptors (Lipinski definition) is 4. The molecular weight excluding hydrogens is 244 g/mol. The number of aldehydes is 1. The molecule has 0 saturated heterocycles. The van der Waals surface area contributed by atoms with Gasteiger partial charge in [-0.05, 0) is 32.4 Å². The molecule has 0 aliphatic carbocycles. The van der Waals surface area contributed by atoms with Crippen LogP contribution in [0.25, 0.3) is 0 Å². The fourth-order valence-electron chi connectivity index (χ4n) is 2.35. The molecule has 1 amide bonds. The highest BCUT2D eigenvalue weighted by atomic mass is 16.6. The molecule has 5 heteroatoms. The van der Waals surface area contributed by atoms with Gasteiger partial charge in [-0.1, -0.05) is 17.7 Å². The van der Waals surface area contributed by atoms with Crippen molar-refractivity contribution in [3.8, 4) is 0 Å². The summed E-state index contributed by atoms with van der Waals surface area (Å²) in [6.07, 6.45) is -0.452.